The molecule has 0 aliphatic rings. The molecule has 1 amide bonds. The molecule has 7 nitrogen and oxygen atoms in total. The van der Waals surface area contributed by atoms with Crippen molar-refractivity contribution in [3.8, 4) is 5.95 Å². The number of nitrogens with one attached hydrogen (secondary N) is 2. The highest BCUT2D eigenvalue weighted by atomic mass is 35.5. The molecule has 0 saturated carbocycles. The van der Waals surface area contributed by atoms with E-state index in [4.69, 9.17) is 11.6 Å². The fourth-order valence-electron chi connectivity index (χ4n) is 2.35. The van der Waals surface area contributed by atoms with Crippen LogP contribution in [0, 0.1) is 6.92 Å². The van der Waals surface area contributed by atoms with Crippen LogP contribution in [0.3, 0.4) is 0 Å². The van der Waals surface area contributed by atoms with Crippen molar-refractivity contribution in [3.63, 3.8) is 0 Å². The molecule has 128 valence electrons. The van der Waals surface area contributed by atoms with E-state index in [1.54, 1.807) is 37.3 Å². The Bertz CT molecular complexity index is 993. The van der Waals surface area contributed by atoms with Gasteiger partial charge in [-0.2, -0.15) is 9.78 Å². The van der Waals surface area contributed by atoms with Gasteiger partial charge in [-0.3, -0.25) is 14.6 Å². The molecule has 2 heterocycles. The minimum Gasteiger partial charge on any atom is -0.306 e. The molecule has 0 bridgehead atoms. The summed E-state index contributed by atoms with van der Waals surface area (Å²) in [5.41, 5.74) is 1.37. The van der Waals surface area contributed by atoms with Gasteiger partial charge in [0.15, 0.2) is 0 Å². The second-order valence-corrected chi connectivity index (χ2v) is 5.84. The lowest BCUT2D eigenvalue weighted by Gasteiger charge is -2.09. The van der Waals surface area contributed by atoms with Gasteiger partial charge in [0.05, 0.1) is 16.3 Å². The first-order valence-electron chi connectivity index (χ1n) is 7.71. The lowest BCUT2D eigenvalue weighted by Crippen LogP contribution is -2.19. The molecule has 3 aromatic rings. The average Bonchev–Trinajstić information content (AvgIpc) is 2.95. The van der Waals surface area contributed by atoms with Crippen molar-refractivity contribution in [2.45, 2.75) is 20.3 Å². The Morgan fingerprint density at radius 2 is 2.08 bits per heavy atom. The van der Waals surface area contributed by atoms with E-state index in [0.717, 1.165) is 0 Å². The predicted octanol–water partition coefficient (Wildman–Crippen LogP) is 2.73. The van der Waals surface area contributed by atoms with Crippen LogP contribution in [0.2, 0.25) is 5.02 Å². The van der Waals surface area contributed by atoms with Crippen LogP contribution >= 0.6 is 11.6 Å². The van der Waals surface area contributed by atoms with Gasteiger partial charge in [0.2, 0.25) is 5.95 Å². The quantitative estimate of drug-likeness (QED) is 0.750. The lowest BCUT2D eigenvalue weighted by molar-refractivity contribution is 0.102. The number of carbonyl (C=O) groups is 1. The first-order valence-corrected chi connectivity index (χ1v) is 8.09. The molecule has 0 spiro atoms. The highest BCUT2D eigenvalue weighted by Crippen LogP contribution is 2.19. The molecule has 2 N–H and O–H groups in total. The van der Waals surface area contributed by atoms with Gasteiger partial charge in [0.1, 0.15) is 5.82 Å². The third-order valence-corrected chi connectivity index (χ3v) is 3.87. The van der Waals surface area contributed by atoms with E-state index in [9.17, 15) is 9.59 Å². The first-order chi connectivity index (χ1) is 12.0. The third kappa shape index (κ3) is 3.61. The Hall–Kier alpha value is -2.93. The number of hydrogen-bond acceptors (Lipinski definition) is 4. The van der Waals surface area contributed by atoms with Crippen LogP contribution in [0.1, 0.15) is 28.7 Å². The molecular formula is C17H16ClN5O2. The summed E-state index contributed by atoms with van der Waals surface area (Å²) < 4.78 is 1.39. The molecule has 0 fully saturated rings. The van der Waals surface area contributed by atoms with Crippen molar-refractivity contribution in [2.75, 3.05) is 5.32 Å². The first kappa shape index (κ1) is 16.9. The van der Waals surface area contributed by atoms with Gasteiger partial charge in [-0.1, -0.05) is 30.7 Å². The van der Waals surface area contributed by atoms with Gasteiger partial charge in [-0.25, -0.2) is 4.98 Å². The molecule has 0 unspecified atom stereocenters. The Labute approximate surface area is 148 Å². The average molecular weight is 358 g/mol. The lowest BCUT2D eigenvalue weighted by atomic mass is 10.2. The number of aryl methyl sites for hydroxylation is 2. The van der Waals surface area contributed by atoms with Crippen molar-refractivity contribution in [1.29, 1.82) is 0 Å². The number of aromatic nitrogens is 4. The number of nitrogens with zero attached hydrogens (tertiary/aromatic N) is 3. The van der Waals surface area contributed by atoms with E-state index < -0.39 is 0 Å². The third-order valence-electron chi connectivity index (χ3n) is 3.54. The van der Waals surface area contributed by atoms with E-state index in [-0.39, 0.29) is 17.4 Å². The highest BCUT2D eigenvalue weighted by Gasteiger charge is 2.16. The molecule has 1 aromatic carbocycles. The summed E-state index contributed by atoms with van der Waals surface area (Å²) in [7, 11) is 0. The second kappa shape index (κ2) is 6.90. The second-order valence-electron chi connectivity index (χ2n) is 5.43. The zero-order valence-corrected chi connectivity index (χ0v) is 14.5. The monoisotopic (exact) mass is 357 g/mol. The molecule has 0 atom stereocenters. The van der Waals surface area contributed by atoms with E-state index in [1.165, 1.54) is 10.7 Å². The summed E-state index contributed by atoms with van der Waals surface area (Å²) in [5.74, 6) is 0.256. The summed E-state index contributed by atoms with van der Waals surface area (Å²) in [4.78, 5) is 31.3. The number of benzene rings is 1. The molecule has 0 aliphatic heterocycles. The number of aromatic amines is 1. The van der Waals surface area contributed by atoms with Crippen LogP contribution < -0.4 is 10.9 Å². The van der Waals surface area contributed by atoms with Gasteiger partial charge in [0, 0.05) is 17.8 Å². The van der Waals surface area contributed by atoms with Crippen LogP contribution in [-0.4, -0.2) is 25.7 Å². The number of hydrogen-bond donors (Lipinski definition) is 2. The number of anilines is 1. The van der Waals surface area contributed by atoms with Gasteiger partial charge in [-0.05, 0) is 25.5 Å². The van der Waals surface area contributed by atoms with Gasteiger partial charge in [-0.15, -0.1) is 0 Å². The summed E-state index contributed by atoms with van der Waals surface area (Å²) in [6, 6.07) is 9.87. The SMILES string of the molecule is CCc1cc(=O)[nH]c(-n2nc(C)cc2NC(=O)c2ccccc2Cl)n1. The van der Waals surface area contributed by atoms with E-state index >= 15 is 0 Å². The normalized spacial score (nSPS) is 10.7. The Morgan fingerprint density at radius 1 is 1.32 bits per heavy atom. The summed E-state index contributed by atoms with van der Waals surface area (Å²) in [5, 5.41) is 7.41. The standard InChI is InChI=1S/C17H16ClN5O2/c1-3-11-9-15(24)21-17(19-11)23-14(8-10(2)22-23)20-16(25)12-6-4-5-7-13(12)18/h4-9H,3H2,1-2H3,(H,20,25)(H,19,21,24). The molecule has 0 aliphatic carbocycles. The summed E-state index contributed by atoms with van der Waals surface area (Å²) >= 11 is 6.06. The van der Waals surface area contributed by atoms with Crippen LogP contribution in [0.5, 0.6) is 0 Å². The van der Waals surface area contributed by atoms with Gasteiger partial charge in [0.25, 0.3) is 11.5 Å². The molecule has 0 saturated heterocycles. The Morgan fingerprint density at radius 3 is 2.80 bits per heavy atom. The van der Waals surface area contributed by atoms with Crippen molar-refractivity contribution >= 4 is 23.3 Å². The minimum atomic E-state index is -0.374. The molecule has 0 radical (unpaired) electrons. The zero-order chi connectivity index (χ0) is 18.0. The largest absolute Gasteiger partial charge is 0.306 e. The highest BCUT2D eigenvalue weighted by molar-refractivity contribution is 6.34. The molecule has 8 heteroatoms. The number of H-pyrrole nitrogens is 1. The van der Waals surface area contributed by atoms with Crippen molar-refractivity contribution in [3.05, 3.63) is 68.7 Å². The molecular weight excluding hydrogens is 342 g/mol. The molecule has 25 heavy (non-hydrogen) atoms. The Balaban J connectivity index is 2.00. The number of halogens is 1. The van der Waals surface area contributed by atoms with E-state index in [0.29, 0.717) is 34.2 Å². The zero-order valence-electron chi connectivity index (χ0n) is 13.7. The van der Waals surface area contributed by atoms with E-state index in [2.05, 4.69) is 20.4 Å². The smallest absolute Gasteiger partial charge is 0.258 e. The summed E-state index contributed by atoms with van der Waals surface area (Å²) in [6.45, 7) is 3.68. The van der Waals surface area contributed by atoms with Crippen molar-refractivity contribution in [2.24, 2.45) is 0 Å². The maximum Gasteiger partial charge on any atom is 0.258 e. The molecule has 3 rings (SSSR count). The van der Waals surface area contributed by atoms with Crippen molar-refractivity contribution < 1.29 is 4.79 Å². The fourth-order valence-corrected chi connectivity index (χ4v) is 2.58. The Kier molecular flexibility index (Phi) is 4.67. The topological polar surface area (TPSA) is 92.7 Å². The van der Waals surface area contributed by atoms with Gasteiger partial charge >= 0.3 is 0 Å². The van der Waals surface area contributed by atoms with Crippen molar-refractivity contribution in [1.82, 2.24) is 19.7 Å². The maximum absolute atomic E-state index is 12.5. The maximum atomic E-state index is 12.5. The number of carbonyl (C=O) groups excluding carboxylic acids is 1. The van der Waals surface area contributed by atoms with E-state index in [1.807, 2.05) is 6.92 Å². The summed E-state index contributed by atoms with van der Waals surface area (Å²) in [6.07, 6.45) is 0.610. The minimum absolute atomic E-state index is 0.243. The molecule has 2 aromatic heterocycles. The predicted molar refractivity (Wildman–Crippen MR) is 95.5 cm³/mol. The van der Waals surface area contributed by atoms with Crippen LogP contribution in [0.4, 0.5) is 5.82 Å². The number of amides is 1. The van der Waals surface area contributed by atoms with Crippen LogP contribution in [-0.2, 0) is 6.42 Å². The van der Waals surface area contributed by atoms with Crippen LogP contribution in [0.25, 0.3) is 5.95 Å². The van der Waals surface area contributed by atoms with Crippen LogP contribution in [0.15, 0.2) is 41.2 Å². The fraction of sp³-hybridized carbons (Fsp3) is 0.176. The number of rotatable bonds is 4. The van der Waals surface area contributed by atoms with Gasteiger partial charge < -0.3 is 5.32 Å².